The molecular weight excluding hydrogens is 275 g/mol. The van der Waals surface area contributed by atoms with Crippen molar-refractivity contribution >= 4 is 34.8 Å². The van der Waals surface area contributed by atoms with Gasteiger partial charge in [0.2, 0.25) is 5.91 Å². The first kappa shape index (κ1) is 13.5. The van der Waals surface area contributed by atoms with Crippen LogP contribution in [0.2, 0.25) is 10.3 Å². The molecule has 0 aromatic carbocycles. The maximum absolute atomic E-state index is 12.1. The van der Waals surface area contributed by atoms with Crippen LogP contribution in [0.5, 0.6) is 0 Å². The van der Waals surface area contributed by atoms with Gasteiger partial charge in [-0.25, -0.2) is 9.97 Å². The molecule has 0 saturated carbocycles. The summed E-state index contributed by atoms with van der Waals surface area (Å²) >= 11 is 11.7. The summed E-state index contributed by atoms with van der Waals surface area (Å²) in [5, 5.41) is 6.19. The van der Waals surface area contributed by atoms with Crippen LogP contribution in [0, 0.1) is 0 Å². The van der Waals surface area contributed by atoms with Gasteiger partial charge in [-0.2, -0.15) is 0 Å². The quantitative estimate of drug-likeness (QED) is 0.819. The van der Waals surface area contributed by atoms with Crippen molar-refractivity contribution in [3.05, 3.63) is 16.6 Å². The molecule has 0 bridgehead atoms. The number of halogens is 2. The Balaban J connectivity index is 2.06. The van der Waals surface area contributed by atoms with Gasteiger partial charge in [0, 0.05) is 0 Å². The normalized spacial score (nSPS) is 20.2. The van der Waals surface area contributed by atoms with E-state index in [4.69, 9.17) is 23.2 Å². The Bertz CT molecular complexity index is 413. The third-order valence-electron chi connectivity index (χ3n) is 2.88. The zero-order chi connectivity index (χ0) is 13.0. The van der Waals surface area contributed by atoms with E-state index in [-0.39, 0.29) is 27.9 Å². The molecule has 1 unspecified atom stereocenters. The summed E-state index contributed by atoms with van der Waals surface area (Å²) in [6.07, 6.45) is 5.35. The average Bonchev–Trinajstić information content (AvgIpc) is 2.62. The molecule has 1 amide bonds. The summed E-state index contributed by atoms with van der Waals surface area (Å²) in [6.45, 7) is 0.852. The number of amides is 1. The van der Waals surface area contributed by atoms with E-state index in [0.29, 0.717) is 0 Å². The molecule has 0 spiro atoms. The van der Waals surface area contributed by atoms with Crippen LogP contribution in [-0.4, -0.2) is 28.5 Å². The maximum atomic E-state index is 12.1. The number of rotatable bonds is 2. The Morgan fingerprint density at radius 3 is 2.72 bits per heavy atom. The van der Waals surface area contributed by atoms with Crippen molar-refractivity contribution in [2.45, 2.75) is 31.7 Å². The largest absolute Gasteiger partial charge is 0.320 e. The summed E-state index contributed by atoms with van der Waals surface area (Å²) in [7, 11) is 0. The molecule has 1 saturated heterocycles. The lowest BCUT2D eigenvalue weighted by atomic mass is 10.1. The van der Waals surface area contributed by atoms with Crippen molar-refractivity contribution in [3.63, 3.8) is 0 Å². The van der Waals surface area contributed by atoms with Crippen LogP contribution < -0.4 is 10.6 Å². The fourth-order valence-electron chi connectivity index (χ4n) is 1.91. The van der Waals surface area contributed by atoms with Crippen LogP contribution >= 0.6 is 23.2 Å². The average molecular weight is 289 g/mol. The van der Waals surface area contributed by atoms with Crippen molar-refractivity contribution < 1.29 is 4.79 Å². The highest BCUT2D eigenvalue weighted by Gasteiger charge is 2.21. The van der Waals surface area contributed by atoms with Crippen LogP contribution in [0.25, 0.3) is 0 Å². The molecule has 2 N–H and O–H groups in total. The van der Waals surface area contributed by atoms with Crippen molar-refractivity contribution in [1.29, 1.82) is 0 Å². The van der Waals surface area contributed by atoms with E-state index in [2.05, 4.69) is 20.6 Å². The standard InChI is InChI=1S/C11H14Cl2N4O/c12-9-8(10(13)16-6-15-9)17-11(18)7-4-2-1-3-5-14-7/h6-7,14H,1-5H2,(H,17,18). The van der Waals surface area contributed by atoms with E-state index in [1.165, 1.54) is 6.33 Å². The van der Waals surface area contributed by atoms with Crippen LogP contribution in [0.4, 0.5) is 5.69 Å². The SMILES string of the molecule is O=C(Nc1c(Cl)ncnc1Cl)C1CCCCCN1. The fraction of sp³-hybridized carbons (Fsp3) is 0.545. The number of carbonyl (C=O) groups is 1. The Kier molecular flexibility index (Phi) is 4.74. The molecule has 1 aromatic rings. The van der Waals surface area contributed by atoms with Gasteiger partial charge in [0.1, 0.15) is 12.0 Å². The van der Waals surface area contributed by atoms with Crippen LogP contribution in [0.15, 0.2) is 6.33 Å². The molecule has 1 atom stereocenters. The van der Waals surface area contributed by atoms with Gasteiger partial charge in [-0.1, -0.05) is 36.0 Å². The lowest BCUT2D eigenvalue weighted by molar-refractivity contribution is -0.118. The third kappa shape index (κ3) is 3.31. The number of hydrogen-bond acceptors (Lipinski definition) is 4. The summed E-state index contributed by atoms with van der Waals surface area (Å²) in [5.41, 5.74) is 0.275. The molecule has 5 nitrogen and oxygen atoms in total. The van der Waals surface area contributed by atoms with E-state index < -0.39 is 0 Å². The van der Waals surface area contributed by atoms with Gasteiger partial charge in [0.05, 0.1) is 6.04 Å². The number of aromatic nitrogens is 2. The number of nitrogens with one attached hydrogen (secondary N) is 2. The second kappa shape index (κ2) is 6.31. The topological polar surface area (TPSA) is 66.9 Å². The van der Waals surface area contributed by atoms with Crippen molar-refractivity contribution in [1.82, 2.24) is 15.3 Å². The van der Waals surface area contributed by atoms with Crippen LogP contribution in [0.3, 0.4) is 0 Å². The van der Waals surface area contributed by atoms with Crippen molar-refractivity contribution in [3.8, 4) is 0 Å². The fourth-order valence-corrected chi connectivity index (χ4v) is 2.32. The second-order valence-electron chi connectivity index (χ2n) is 4.18. The summed E-state index contributed by atoms with van der Waals surface area (Å²) < 4.78 is 0. The molecule has 1 aliphatic rings. The van der Waals surface area contributed by atoms with E-state index in [9.17, 15) is 4.79 Å². The van der Waals surface area contributed by atoms with E-state index >= 15 is 0 Å². The number of nitrogens with zero attached hydrogens (tertiary/aromatic N) is 2. The van der Waals surface area contributed by atoms with Gasteiger partial charge in [-0.15, -0.1) is 0 Å². The first-order valence-corrected chi connectivity index (χ1v) is 6.64. The predicted octanol–water partition coefficient (Wildman–Crippen LogP) is 2.25. The molecule has 1 aliphatic heterocycles. The smallest absolute Gasteiger partial charge is 0.241 e. The minimum absolute atomic E-state index is 0.143. The van der Waals surface area contributed by atoms with Gasteiger partial charge >= 0.3 is 0 Å². The molecular formula is C11H14Cl2N4O. The van der Waals surface area contributed by atoms with Crippen LogP contribution in [-0.2, 0) is 4.79 Å². The lowest BCUT2D eigenvalue weighted by Crippen LogP contribution is -2.40. The van der Waals surface area contributed by atoms with Gasteiger partial charge in [0.25, 0.3) is 0 Å². The van der Waals surface area contributed by atoms with E-state index in [1.807, 2.05) is 0 Å². The van der Waals surface area contributed by atoms with Crippen molar-refractivity contribution in [2.24, 2.45) is 0 Å². The molecule has 98 valence electrons. The molecule has 18 heavy (non-hydrogen) atoms. The molecule has 1 fully saturated rings. The minimum atomic E-state index is -0.208. The highest BCUT2D eigenvalue weighted by atomic mass is 35.5. The van der Waals surface area contributed by atoms with E-state index in [1.54, 1.807) is 0 Å². The minimum Gasteiger partial charge on any atom is -0.320 e. The first-order valence-electron chi connectivity index (χ1n) is 5.88. The van der Waals surface area contributed by atoms with Crippen LogP contribution in [0.1, 0.15) is 25.7 Å². The van der Waals surface area contributed by atoms with Gasteiger partial charge < -0.3 is 10.6 Å². The monoisotopic (exact) mass is 288 g/mol. The second-order valence-corrected chi connectivity index (χ2v) is 4.89. The Labute approximate surface area is 115 Å². The predicted molar refractivity (Wildman–Crippen MR) is 70.9 cm³/mol. The molecule has 7 heteroatoms. The highest BCUT2D eigenvalue weighted by Crippen LogP contribution is 2.26. The molecule has 2 rings (SSSR count). The molecule has 0 radical (unpaired) electrons. The Hall–Kier alpha value is -0.910. The zero-order valence-corrected chi connectivity index (χ0v) is 11.3. The Morgan fingerprint density at radius 1 is 1.28 bits per heavy atom. The van der Waals surface area contributed by atoms with Crippen molar-refractivity contribution in [2.75, 3.05) is 11.9 Å². The first-order chi connectivity index (χ1) is 8.68. The number of anilines is 1. The van der Waals surface area contributed by atoms with Gasteiger partial charge in [-0.3, -0.25) is 4.79 Å². The summed E-state index contributed by atoms with van der Waals surface area (Å²) in [6, 6.07) is -0.208. The highest BCUT2D eigenvalue weighted by molar-refractivity contribution is 6.38. The lowest BCUT2D eigenvalue weighted by Gasteiger charge is -2.16. The van der Waals surface area contributed by atoms with Gasteiger partial charge in [0.15, 0.2) is 10.3 Å². The number of hydrogen-bond donors (Lipinski definition) is 2. The third-order valence-corrected chi connectivity index (χ3v) is 3.45. The van der Waals surface area contributed by atoms with Gasteiger partial charge in [-0.05, 0) is 19.4 Å². The van der Waals surface area contributed by atoms with E-state index in [0.717, 1.165) is 32.2 Å². The summed E-state index contributed by atoms with van der Waals surface area (Å²) in [4.78, 5) is 19.7. The molecule has 2 heterocycles. The number of carbonyl (C=O) groups excluding carboxylic acids is 1. The Morgan fingerprint density at radius 2 is 2.00 bits per heavy atom. The zero-order valence-electron chi connectivity index (χ0n) is 9.75. The summed E-state index contributed by atoms with van der Waals surface area (Å²) in [5.74, 6) is -0.143. The molecule has 1 aromatic heterocycles. The molecule has 0 aliphatic carbocycles. The maximum Gasteiger partial charge on any atom is 0.241 e.